The number of nitrogens with zero attached hydrogens (tertiary/aromatic N) is 1. The largest absolute Gasteiger partial charge is 0.481 e. The van der Waals surface area contributed by atoms with Crippen molar-refractivity contribution in [1.29, 1.82) is 0 Å². The molecule has 0 amide bonds. The molecule has 1 aromatic heterocycles. The van der Waals surface area contributed by atoms with Gasteiger partial charge in [-0.15, -0.1) is 0 Å². The van der Waals surface area contributed by atoms with Gasteiger partial charge in [-0.3, -0.25) is 4.79 Å². The number of aryl methyl sites for hydroxylation is 1. The Hall–Kier alpha value is -2.59. The molecule has 0 fully saturated rings. The first-order valence-electron chi connectivity index (χ1n) is 7.16. The van der Waals surface area contributed by atoms with E-state index >= 15 is 0 Å². The van der Waals surface area contributed by atoms with Crippen molar-refractivity contribution in [2.45, 2.75) is 12.8 Å². The molecule has 1 N–H and O–H groups in total. The van der Waals surface area contributed by atoms with Crippen molar-refractivity contribution in [2.75, 3.05) is 0 Å². The Morgan fingerprint density at radius 3 is 2.52 bits per heavy atom. The van der Waals surface area contributed by atoms with Gasteiger partial charge in [-0.2, -0.15) is 0 Å². The van der Waals surface area contributed by atoms with Gasteiger partial charge in [-0.1, -0.05) is 54.1 Å². The molecule has 3 aromatic rings. The predicted octanol–water partition coefficient (Wildman–Crippen LogP) is 4.68. The third-order valence-electron chi connectivity index (χ3n) is 3.36. The number of halogens is 1. The number of hydrogen-bond acceptors (Lipinski definition) is 3. The Bertz CT molecular complexity index is 827. The summed E-state index contributed by atoms with van der Waals surface area (Å²) in [6, 6.07) is 17.0. The molecule has 5 heteroatoms. The Morgan fingerprint density at radius 2 is 1.83 bits per heavy atom. The second-order valence-electron chi connectivity index (χ2n) is 5.06. The normalized spacial score (nSPS) is 10.7. The molecule has 4 nitrogen and oxygen atoms in total. The van der Waals surface area contributed by atoms with Crippen LogP contribution in [0.5, 0.6) is 0 Å². The van der Waals surface area contributed by atoms with Gasteiger partial charge in [0.05, 0.1) is 6.42 Å². The maximum absolute atomic E-state index is 10.8. The van der Waals surface area contributed by atoms with Gasteiger partial charge < -0.3 is 9.52 Å². The van der Waals surface area contributed by atoms with E-state index in [0.717, 1.165) is 11.1 Å². The zero-order valence-electron chi connectivity index (χ0n) is 12.2. The molecule has 0 bridgehead atoms. The average molecular weight is 328 g/mol. The maximum atomic E-state index is 10.8. The number of aromatic nitrogens is 1. The van der Waals surface area contributed by atoms with Gasteiger partial charge in [-0.05, 0) is 12.1 Å². The van der Waals surface area contributed by atoms with Crippen LogP contribution >= 0.6 is 11.6 Å². The molecule has 116 valence electrons. The fourth-order valence-electron chi connectivity index (χ4n) is 2.30. The van der Waals surface area contributed by atoms with E-state index in [0.29, 0.717) is 22.4 Å². The van der Waals surface area contributed by atoms with Crippen LogP contribution in [0.3, 0.4) is 0 Å². The molecule has 3 rings (SSSR count). The first-order valence-corrected chi connectivity index (χ1v) is 7.54. The Labute approximate surface area is 138 Å². The minimum atomic E-state index is -0.881. The second-order valence-corrected chi connectivity index (χ2v) is 5.49. The molecule has 0 saturated heterocycles. The second kappa shape index (κ2) is 6.67. The zero-order chi connectivity index (χ0) is 16.2. The smallest absolute Gasteiger partial charge is 0.303 e. The fourth-order valence-corrected chi connectivity index (χ4v) is 2.49. The predicted molar refractivity (Wildman–Crippen MR) is 88.3 cm³/mol. The van der Waals surface area contributed by atoms with Crippen molar-refractivity contribution in [3.63, 3.8) is 0 Å². The standard InChI is InChI=1S/C18H14ClNO3/c19-14-8-4-7-13(11-14)18-17(12-5-2-1-3-6-12)20-15(23-18)9-10-16(21)22/h1-8,11H,9-10H2,(H,21,22). The van der Waals surface area contributed by atoms with Gasteiger partial charge in [0.15, 0.2) is 11.7 Å². The lowest BCUT2D eigenvalue weighted by molar-refractivity contribution is -0.137. The van der Waals surface area contributed by atoms with E-state index in [1.165, 1.54) is 0 Å². The van der Waals surface area contributed by atoms with Crippen molar-refractivity contribution in [1.82, 2.24) is 4.98 Å². The Morgan fingerprint density at radius 1 is 1.09 bits per heavy atom. The molecule has 2 aromatic carbocycles. The van der Waals surface area contributed by atoms with E-state index in [2.05, 4.69) is 4.98 Å². The van der Waals surface area contributed by atoms with Crippen molar-refractivity contribution in [3.8, 4) is 22.6 Å². The molecular formula is C18H14ClNO3. The molecule has 23 heavy (non-hydrogen) atoms. The van der Waals surface area contributed by atoms with Crippen LogP contribution in [0, 0.1) is 0 Å². The molecule has 0 saturated carbocycles. The van der Waals surface area contributed by atoms with Crippen molar-refractivity contribution in [3.05, 3.63) is 65.5 Å². The van der Waals surface area contributed by atoms with Crippen LogP contribution in [0.2, 0.25) is 5.02 Å². The minimum absolute atomic E-state index is 0.0241. The molecule has 0 radical (unpaired) electrons. The van der Waals surface area contributed by atoms with E-state index < -0.39 is 5.97 Å². The molecule has 0 aliphatic heterocycles. The zero-order valence-corrected chi connectivity index (χ0v) is 13.0. The summed E-state index contributed by atoms with van der Waals surface area (Å²) in [5.74, 6) is 0.120. The van der Waals surface area contributed by atoms with Crippen LogP contribution in [0.25, 0.3) is 22.6 Å². The van der Waals surface area contributed by atoms with Gasteiger partial charge >= 0.3 is 5.97 Å². The average Bonchev–Trinajstić information content (AvgIpc) is 2.98. The molecule has 0 atom stereocenters. The number of aliphatic carboxylic acids is 1. The van der Waals surface area contributed by atoms with Gasteiger partial charge in [0.1, 0.15) is 5.69 Å². The third kappa shape index (κ3) is 3.60. The summed E-state index contributed by atoms with van der Waals surface area (Å²) in [6.07, 6.45) is 0.222. The van der Waals surface area contributed by atoms with Crippen molar-refractivity contribution >= 4 is 17.6 Å². The molecule has 0 unspecified atom stereocenters. The van der Waals surface area contributed by atoms with Gasteiger partial charge in [0.2, 0.25) is 0 Å². The van der Waals surface area contributed by atoms with Crippen LogP contribution in [0.1, 0.15) is 12.3 Å². The van der Waals surface area contributed by atoms with E-state index in [-0.39, 0.29) is 12.8 Å². The summed E-state index contributed by atoms with van der Waals surface area (Å²) in [7, 11) is 0. The Kier molecular flexibility index (Phi) is 4.44. The number of carboxylic acid groups (broad SMARTS) is 1. The van der Waals surface area contributed by atoms with E-state index in [4.69, 9.17) is 21.1 Å². The van der Waals surface area contributed by atoms with E-state index in [1.807, 2.05) is 42.5 Å². The molecular weight excluding hydrogens is 314 g/mol. The lowest BCUT2D eigenvalue weighted by Crippen LogP contribution is -1.97. The third-order valence-corrected chi connectivity index (χ3v) is 3.59. The van der Waals surface area contributed by atoms with Crippen molar-refractivity contribution < 1.29 is 14.3 Å². The summed E-state index contributed by atoms with van der Waals surface area (Å²) in [5.41, 5.74) is 2.41. The van der Waals surface area contributed by atoms with Gasteiger partial charge in [0.25, 0.3) is 0 Å². The van der Waals surface area contributed by atoms with Crippen LogP contribution in [-0.2, 0) is 11.2 Å². The van der Waals surface area contributed by atoms with Crippen molar-refractivity contribution in [2.24, 2.45) is 0 Å². The van der Waals surface area contributed by atoms with Crippen LogP contribution in [-0.4, -0.2) is 16.1 Å². The number of hydrogen-bond donors (Lipinski definition) is 1. The van der Waals surface area contributed by atoms with Crippen LogP contribution < -0.4 is 0 Å². The highest BCUT2D eigenvalue weighted by molar-refractivity contribution is 6.30. The number of rotatable bonds is 5. The maximum Gasteiger partial charge on any atom is 0.303 e. The lowest BCUT2D eigenvalue weighted by Gasteiger charge is -2.02. The van der Waals surface area contributed by atoms with Crippen LogP contribution in [0.4, 0.5) is 0 Å². The molecule has 0 spiro atoms. The van der Waals surface area contributed by atoms with Gasteiger partial charge in [-0.25, -0.2) is 4.98 Å². The van der Waals surface area contributed by atoms with E-state index in [1.54, 1.807) is 12.1 Å². The summed E-state index contributed by atoms with van der Waals surface area (Å²) in [6.45, 7) is 0. The first-order chi connectivity index (χ1) is 11.1. The summed E-state index contributed by atoms with van der Waals surface area (Å²) < 4.78 is 5.83. The number of benzene rings is 2. The lowest BCUT2D eigenvalue weighted by atomic mass is 10.1. The highest BCUT2D eigenvalue weighted by Gasteiger charge is 2.17. The fraction of sp³-hybridized carbons (Fsp3) is 0.111. The molecule has 0 aliphatic carbocycles. The quantitative estimate of drug-likeness (QED) is 0.739. The molecule has 0 aliphatic rings. The highest BCUT2D eigenvalue weighted by atomic mass is 35.5. The molecule has 1 heterocycles. The minimum Gasteiger partial charge on any atom is -0.481 e. The monoisotopic (exact) mass is 327 g/mol. The number of oxazole rings is 1. The number of carboxylic acids is 1. The topological polar surface area (TPSA) is 63.3 Å². The van der Waals surface area contributed by atoms with Gasteiger partial charge in [0, 0.05) is 22.6 Å². The first kappa shape index (κ1) is 15.3. The summed E-state index contributed by atoms with van der Waals surface area (Å²) in [5, 5.41) is 9.44. The summed E-state index contributed by atoms with van der Waals surface area (Å²) >= 11 is 6.06. The van der Waals surface area contributed by atoms with Crippen LogP contribution in [0.15, 0.2) is 59.0 Å². The summed E-state index contributed by atoms with van der Waals surface area (Å²) in [4.78, 5) is 15.2. The number of carbonyl (C=O) groups is 1. The highest BCUT2D eigenvalue weighted by Crippen LogP contribution is 2.33. The Balaban J connectivity index is 2.07. The van der Waals surface area contributed by atoms with E-state index in [9.17, 15) is 4.79 Å². The SMILES string of the molecule is O=C(O)CCc1nc(-c2ccccc2)c(-c2cccc(Cl)c2)o1.